The fourth-order valence-electron chi connectivity index (χ4n) is 17.8. The predicted molar refractivity (Wildman–Crippen MR) is 537 cm³/mol. The molecule has 0 atom stereocenters. The van der Waals surface area contributed by atoms with E-state index in [4.69, 9.17) is 37.6 Å². The van der Waals surface area contributed by atoms with Gasteiger partial charge in [0.1, 0.15) is 44.8 Å². The van der Waals surface area contributed by atoms with E-state index in [1.165, 1.54) is 0 Å². The number of fused-ring (bicyclic) bond motifs is 8. The molecule has 4 amide bonds. The molecule has 0 saturated heterocycles. The Hall–Kier alpha value is -19.4. The number of pyridine rings is 12. The van der Waals surface area contributed by atoms with Crippen molar-refractivity contribution < 1.29 is 36.8 Å². The number of carbonyl (C=O) groups is 4. The molecular formula is C104H82N32O8. The number of hydrogen-bond acceptors (Lipinski definition) is 28. The molecule has 3 fully saturated rings. The third-order valence-electron chi connectivity index (χ3n) is 25.8. The largest absolute Gasteiger partial charge is 0.472 e. The summed E-state index contributed by atoms with van der Waals surface area (Å²) in [5, 5.41) is 44.9. The average molecular weight is 1910 g/mol. The number of rotatable bonds is 22. The van der Waals surface area contributed by atoms with Gasteiger partial charge in [-0.1, -0.05) is 32.6 Å². The van der Waals surface area contributed by atoms with Gasteiger partial charge in [0.15, 0.2) is 45.9 Å². The summed E-state index contributed by atoms with van der Waals surface area (Å²) in [5.41, 5.74) is 28.1. The van der Waals surface area contributed by atoms with E-state index in [-0.39, 0.29) is 41.4 Å². The summed E-state index contributed by atoms with van der Waals surface area (Å²) in [6, 6.07) is 23.1. The second kappa shape index (κ2) is 37.8. The maximum absolute atomic E-state index is 12.6. The SMILES string of the molecule is CCCCC(=O)Nc1cncc(-c2cnc3n[nH]c(-c4nc5c(-c6ccoc6)cncc5[nH]4)c3c2)c1.O=C(Nc1cncc(-c2cnc3n[nH]c(-c4nc5c(-c6ccoc6)cncc5[nH]4)c3c2)c1)C1CC1.O=C(Nc1cncc(-c2cnc3n[nH]c(-c4nc5c(-c6ccoc6)cncc5[nH]4)c3c2)c1)C1CCC1.O=C(Nc1cncc(-c2cnc3n[nH]c(-c4nc5c(-c6ccoc6)cncc5[nH]4)c3c2)c1)C1CCCC1. The van der Waals surface area contributed by atoms with Crippen LogP contribution in [0.25, 0.3) is 223 Å². The van der Waals surface area contributed by atoms with Gasteiger partial charge in [0.05, 0.1) is 166 Å². The molecule has 0 radical (unpaired) electrons. The summed E-state index contributed by atoms with van der Waals surface area (Å²) in [6.07, 6.45) is 59.2. The number of aromatic nitrogens is 28. The Balaban J connectivity index is 0.000000103. The molecule has 24 aromatic heterocycles. The normalized spacial score (nSPS) is 13.2. The van der Waals surface area contributed by atoms with Crippen LogP contribution in [0.5, 0.6) is 0 Å². The number of amides is 4. The number of hydrogen-bond donors (Lipinski definition) is 12. The standard InChI is InChI=1S/C27H22N8O2.C26H20N8O2.C26H22N8O2.C25H18N8O2/c36-27(15-3-1-2-4-15)31-19-7-17(9-28-11-19)18-8-20-24(34-35-25(20)30-10-18)26-32-22-13-29-12-21(23(22)33-26)16-5-6-37-14-16;35-26(14-2-1-3-14)30-18-6-16(8-27-10-18)17-7-19-23(33-34-24(19)29-9-17)25-31-21-12-28-11-20(22(21)32-25)15-4-5-36-13-15;1-2-3-4-22(35)30-18-7-16(9-27-11-18)17-8-19-24(33-34-25(19)29-10-17)26-31-21-13-28-12-20(23(21)32-26)15-5-6-36-14-15;34-25(13-1-2-13)29-17-5-15(7-26-9-17)16-6-18-22(32-33-23(18)28-8-16)24-30-20-11-27-10-19(21(20)31-24)14-3-4-35-12-14/h5-15H,1-4H2,(H,31,36)(H,32,33)(H,30,34,35);4-14H,1-3H2,(H,30,35)(H,31,32)(H,29,33,34);5-14H,2-4H2,1H3,(H,30,35)(H,31,32)(H,29,33,34);3-13H,1-2H2,(H,29,34)(H,30,31)(H,28,32,33). The highest BCUT2D eigenvalue weighted by atomic mass is 16.3. The van der Waals surface area contributed by atoms with Crippen LogP contribution in [-0.2, 0) is 19.2 Å². The van der Waals surface area contributed by atoms with Gasteiger partial charge in [-0.25, -0.2) is 39.9 Å². The number of nitrogens with one attached hydrogen (secondary N) is 12. The Labute approximate surface area is 812 Å². The maximum Gasteiger partial charge on any atom is 0.227 e. The Bertz CT molecular complexity index is 8920. The van der Waals surface area contributed by atoms with Crippen molar-refractivity contribution >= 4 is 135 Å². The molecule has 3 aliphatic rings. The highest BCUT2D eigenvalue weighted by molar-refractivity contribution is 6.04. The first-order chi connectivity index (χ1) is 70.9. The fraction of sp³-hybridized carbons (Fsp3) is 0.154. The lowest BCUT2D eigenvalue weighted by Crippen LogP contribution is -2.28. The molecule has 12 N–H and O–H groups in total. The zero-order valence-corrected chi connectivity index (χ0v) is 76.5. The van der Waals surface area contributed by atoms with Crippen LogP contribution in [0, 0.1) is 17.8 Å². The summed E-state index contributed by atoms with van der Waals surface area (Å²) in [5.74, 6) is 2.97. The van der Waals surface area contributed by atoms with Gasteiger partial charge in [0.2, 0.25) is 23.6 Å². The van der Waals surface area contributed by atoms with E-state index in [0.29, 0.717) is 80.8 Å². The van der Waals surface area contributed by atoms with Crippen molar-refractivity contribution in [2.24, 2.45) is 17.8 Å². The van der Waals surface area contributed by atoms with Gasteiger partial charge < -0.3 is 58.9 Å². The van der Waals surface area contributed by atoms with Crippen LogP contribution < -0.4 is 21.3 Å². The Kier molecular flexibility index (Phi) is 22.9. The zero-order valence-electron chi connectivity index (χ0n) is 76.5. The minimum absolute atomic E-state index is 0.0179. The van der Waals surface area contributed by atoms with E-state index in [1.54, 1.807) is 174 Å². The molecule has 24 heterocycles. The number of imidazole rings is 4. The molecule has 0 aliphatic heterocycles. The van der Waals surface area contributed by atoms with Crippen molar-refractivity contribution in [3.8, 4) is 135 Å². The first-order valence-corrected chi connectivity index (χ1v) is 46.7. The predicted octanol–water partition coefficient (Wildman–Crippen LogP) is 20.2. The third kappa shape index (κ3) is 17.6. The van der Waals surface area contributed by atoms with Gasteiger partial charge in [-0.05, 0) is 118 Å². The van der Waals surface area contributed by atoms with E-state index in [1.807, 2.05) is 72.8 Å². The number of H-pyrrole nitrogens is 8. The van der Waals surface area contributed by atoms with Crippen molar-refractivity contribution in [2.75, 3.05) is 21.3 Å². The van der Waals surface area contributed by atoms with E-state index < -0.39 is 0 Å². The second-order valence-corrected chi connectivity index (χ2v) is 35.3. The van der Waals surface area contributed by atoms with Crippen molar-refractivity contribution in [3.63, 3.8) is 0 Å². The van der Waals surface area contributed by atoms with Crippen LogP contribution in [0.3, 0.4) is 0 Å². The summed E-state index contributed by atoms with van der Waals surface area (Å²) in [7, 11) is 0. The Morgan fingerprint density at radius 3 is 0.840 bits per heavy atom. The Morgan fingerprint density at radius 2 is 0.576 bits per heavy atom. The molecule has 0 spiro atoms. The summed E-state index contributed by atoms with van der Waals surface area (Å²) in [4.78, 5) is 135. The highest BCUT2D eigenvalue weighted by Gasteiger charge is 2.32. The molecule has 3 aliphatic carbocycles. The first kappa shape index (κ1) is 87.3. The molecule has 27 rings (SSSR count). The van der Waals surface area contributed by atoms with Crippen molar-refractivity contribution in [2.45, 2.75) is 84.0 Å². The fourth-order valence-corrected chi connectivity index (χ4v) is 17.8. The zero-order chi connectivity index (χ0) is 96.7. The molecule has 0 bridgehead atoms. The van der Waals surface area contributed by atoms with Crippen molar-refractivity contribution in [1.82, 2.24) is 140 Å². The van der Waals surface area contributed by atoms with Crippen LogP contribution >= 0.6 is 0 Å². The molecular weight excluding hydrogens is 1830 g/mol. The van der Waals surface area contributed by atoms with Crippen LogP contribution in [0.4, 0.5) is 22.7 Å². The Morgan fingerprint density at radius 1 is 0.306 bits per heavy atom. The highest BCUT2D eigenvalue weighted by Crippen LogP contribution is 2.42. The van der Waals surface area contributed by atoms with E-state index in [2.05, 4.69) is 149 Å². The van der Waals surface area contributed by atoms with Gasteiger partial charge in [-0.15, -0.1) is 0 Å². The summed E-state index contributed by atoms with van der Waals surface area (Å²) in [6.45, 7) is 2.06. The number of aromatic amines is 8. The lowest BCUT2D eigenvalue weighted by molar-refractivity contribution is -0.122. The van der Waals surface area contributed by atoms with Crippen molar-refractivity contribution in [1.29, 1.82) is 0 Å². The van der Waals surface area contributed by atoms with Gasteiger partial charge in [-0.2, -0.15) is 20.4 Å². The quantitative estimate of drug-likeness (QED) is 0.0300. The summed E-state index contributed by atoms with van der Waals surface area (Å²) < 4.78 is 21.0. The second-order valence-electron chi connectivity index (χ2n) is 35.3. The third-order valence-corrected chi connectivity index (χ3v) is 25.8. The number of furan rings is 4. The monoisotopic (exact) mass is 1910 g/mol. The number of unbranched alkanes of at least 4 members (excludes halogenated alkanes) is 1. The molecule has 3 saturated carbocycles. The van der Waals surface area contributed by atoms with Crippen LogP contribution in [0.2, 0.25) is 0 Å². The minimum atomic E-state index is -0.0179. The molecule has 24 aromatic rings. The van der Waals surface area contributed by atoms with Crippen molar-refractivity contribution in [3.05, 3.63) is 247 Å². The molecule has 0 aromatic carbocycles. The molecule has 0 unspecified atom stereocenters. The number of carbonyl (C=O) groups excluding carboxylic acids is 4. The lowest BCUT2D eigenvalue weighted by atomic mass is 9.85. The summed E-state index contributed by atoms with van der Waals surface area (Å²) >= 11 is 0. The van der Waals surface area contributed by atoms with Gasteiger partial charge in [-0.3, -0.25) is 79.4 Å². The number of anilines is 4. The van der Waals surface area contributed by atoms with E-state index >= 15 is 0 Å². The topological polar surface area (TPSA) is 553 Å². The lowest BCUT2D eigenvalue weighted by Gasteiger charge is -2.24. The smallest absolute Gasteiger partial charge is 0.227 e. The van der Waals surface area contributed by atoms with Gasteiger partial charge in [0.25, 0.3) is 0 Å². The average Bonchev–Trinajstić information content (AvgIpc) is 1.62. The van der Waals surface area contributed by atoms with Crippen LogP contribution in [-0.4, -0.2) is 164 Å². The van der Waals surface area contributed by atoms with E-state index in [9.17, 15) is 19.2 Å². The van der Waals surface area contributed by atoms with Gasteiger partial charge >= 0.3 is 0 Å². The molecule has 40 nitrogen and oxygen atoms in total. The number of nitrogens with zero attached hydrogens (tertiary/aromatic N) is 20. The van der Waals surface area contributed by atoms with Crippen LogP contribution in [0.1, 0.15) is 84.0 Å². The maximum atomic E-state index is 12.6. The molecule has 144 heavy (non-hydrogen) atoms. The molecule has 706 valence electrons. The van der Waals surface area contributed by atoms with Gasteiger partial charge in [0, 0.05) is 188 Å². The van der Waals surface area contributed by atoms with Crippen LogP contribution in [0.15, 0.2) is 265 Å². The molecule has 40 heteroatoms. The van der Waals surface area contributed by atoms with E-state index in [0.717, 1.165) is 242 Å². The minimum Gasteiger partial charge on any atom is -0.472 e. The first-order valence-electron chi connectivity index (χ1n) is 46.7.